The van der Waals surface area contributed by atoms with Crippen molar-refractivity contribution >= 4 is 45.4 Å². The van der Waals surface area contributed by atoms with Crippen LogP contribution < -0.4 is 5.32 Å². The Labute approximate surface area is 207 Å². The molecule has 3 aromatic rings. The molecule has 3 saturated carbocycles. The van der Waals surface area contributed by atoms with E-state index in [0.29, 0.717) is 5.56 Å². The number of pyridine rings is 1. The summed E-state index contributed by atoms with van der Waals surface area (Å²) in [5.41, 5.74) is 3.62. The van der Waals surface area contributed by atoms with E-state index in [9.17, 15) is 9.59 Å². The van der Waals surface area contributed by atoms with Gasteiger partial charge in [0.2, 0.25) is 0 Å². The fourth-order valence-electron chi connectivity index (χ4n) is 5.70. The molecule has 3 aliphatic rings. The van der Waals surface area contributed by atoms with E-state index in [1.54, 1.807) is 0 Å². The lowest BCUT2D eigenvalue weighted by molar-refractivity contribution is -0.160. The van der Waals surface area contributed by atoms with Gasteiger partial charge >= 0.3 is 5.97 Å². The molecular weight excluding hydrogens is 527 g/mol. The molecule has 2 aromatic carbocycles. The fraction of sp³-hybridized carbons (Fsp3) is 0.370. The Hall–Kier alpha value is -2.48. The molecule has 0 radical (unpaired) electrons. The Morgan fingerprint density at radius 3 is 2.30 bits per heavy atom. The van der Waals surface area contributed by atoms with Crippen LogP contribution in [0, 0.1) is 15.9 Å². The van der Waals surface area contributed by atoms with Crippen LogP contribution in [0.1, 0.15) is 54.4 Å². The summed E-state index contributed by atoms with van der Waals surface area (Å²) in [4.78, 5) is 31.2. The molecule has 1 N–H and O–H groups in total. The highest BCUT2D eigenvalue weighted by Crippen LogP contribution is 2.53. The highest BCUT2D eigenvalue weighted by molar-refractivity contribution is 14.1. The first-order chi connectivity index (χ1) is 15.9. The van der Waals surface area contributed by atoms with E-state index in [0.717, 1.165) is 69.8 Å². The maximum Gasteiger partial charge on any atom is 0.311 e. The molecule has 3 aliphatic carbocycles. The van der Waals surface area contributed by atoms with Gasteiger partial charge in [-0.25, -0.2) is 4.98 Å². The van der Waals surface area contributed by atoms with Gasteiger partial charge in [0.05, 0.1) is 29.3 Å². The predicted octanol–water partition coefficient (Wildman–Crippen LogP) is 5.81. The minimum atomic E-state index is -0.364. The van der Waals surface area contributed by atoms with Crippen molar-refractivity contribution in [2.24, 2.45) is 5.41 Å². The smallest absolute Gasteiger partial charge is 0.311 e. The fourth-order valence-corrected chi connectivity index (χ4v) is 6.19. The molecule has 0 aliphatic heterocycles. The number of halogens is 1. The van der Waals surface area contributed by atoms with E-state index in [4.69, 9.17) is 9.72 Å². The van der Waals surface area contributed by atoms with E-state index >= 15 is 0 Å². The normalized spacial score (nSPS) is 24.0. The van der Waals surface area contributed by atoms with E-state index in [1.807, 2.05) is 55.5 Å². The van der Waals surface area contributed by atoms with Crippen molar-refractivity contribution in [2.45, 2.75) is 51.0 Å². The molecule has 6 rings (SSSR count). The van der Waals surface area contributed by atoms with Crippen LogP contribution in [0.4, 0.5) is 0 Å². The molecule has 2 bridgehead atoms. The number of hydrogen-bond acceptors (Lipinski definition) is 4. The van der Waals surface area contributed by atoms with Gasteiger partial charge in [0.1, 0.15) is 0 Å². The predicted molar refractivity (Wildman–Crippen MR) is 137 cm³/mol. The van der Waals surface area contributed by atoms with Crippen LogP contribution in [0.15, 0.2) is 48.5 Å². The van der Waals surface area contributed by atoms with Crippen molar-refractivity contribution in [3.05, 3.63) is 63.2 Å². The second-order valence-corrected chi connectivity index (χ2v) is 10.7. The zero-order chi connectivity index (χ0) is 23.2. The summed E-state index contributed by atoms with van der Waals surface area (Å²) in [6.07, 6.45) is 4.71. The molecule has 170 valence electrons. The van der Waals surface area contributed by atoms with E-state index in [1.165, 1.54) is 7.11 Å². The van der Waals surface area contributed by atoms with Crippen molar-refractivity contribution in [1.82, 2.24) is 10.3 Å². The largest absolute Gasteiger partial charge is 0.469 e. The average molecular weight is 554 g/mol. The summed E-state index contributed by atoms with van der Waals surface area (Å²) in [5.74, 6) is -0.147. The number of amides is 1. The quantitative estimate of drug-likeness (QED) is 0.327. The number of benzene rings is 2. The molecule has 6 heteroatoms. The van der Waals surface area contributed by atoms with Gasteiger partial charge in [-0.15, -0.1) is 0 Å². The standard InChI is InChI=1S/C27H27IN2O3/c1-17-22(24(31)30-27-13-10-26(11-14-27,12-15-27)25(32)33-2)20-16-19(28)8-9-21(20)29-23(17)18-6-4-3-5-7-18/h3-9,16H,10-15H2,1-2H3,(H,30,31). The average Bonchev–Trinajstić information content (AvgIpc) is 2.84. The number of ether oxygens (including phenoxy) is 1. The van der Waals surface area contributed by atoms with Gasteiger partial charge in [0.25, 0.3) is 5.91 Å². The molecule has 0 saturated heterocycles. The van der Waals surface area contributed by atoms with Crippen molar-refractivity contribution in [3.63, 3.8) is 0 Å². The molecule has 1 amide bonds. The van der Waals surface area contributed by atoms with Crippen LogP contribution in [0.2, 0.25) is 0 Å². The summed E-state index contributed by atoms with van der Waals surface area (Å²) in [6.45, 7) is 1.99. The highest BCUT2D eigenvalue weighted by atomic mass is 127. The first-order valence-corrected chi connectivity index (χ1v) is 12.5. The molecule has 0 unspecified atom stereocenters. The number of fused-ring (bicyclic) bond motifs is 4. The zero-order valence-electron chi connectivity index (χ0n) is 18.9. The van der Waals surface area contributed by atoms with Gasteiger partial charge in [-0.3, -0.25) is 9.59 Å². The maximum absolute atomic E-state index is 13.9. The van der Waals surface area contributed by atoms with Gasteiger partial charge in [-0.1, -0.05) is 30.3 Å². The minimum Gasteiger partial charge on any atom is -0.469 e. The van der Waals surface area contributed by atoms with Gasteiger partial charge in [0.15, 0.2) is 0 Å². The lowest BCUT2D eigenvalue weighted by Gasteiger charge is -2.52. The van der Waals surface area contributed by atoms with Gasteiger partial charge < -0.3 is 10.1 Å². The van der Waals surface area contributed by atoms with Crippen LogP contribution in [-0.4, -0.2) is 29.5 Å². The van der Waals surface area contributed by atoms with E-state index < -0.39 is 0 Å². The molecule has 5 nitrogen and oxygen atoms in total. The molecule has 0 atom stereocenters. The maximum atomic E-state index is 13.9. The van der Waals surface area contributed by atoms with E-state index in [2.05, 4.69) is 27.9 Å². The number of carbonyl (C=O) groups excluding carboxylic acids is 2. The third-order valence-corrected chi connectivity index (χ3v) is 8.38. The van der Waals surface area contributed by atoms with Crippen molar-refractivity contribution in [1.29, 1.82) is 0 Å². The number of methoxy groups -OCH3 is 1. The number of aromatic nitrogens is 1. The molecule has 1 heterocycles. The van der Waals surface area contributed by atoms with Crippen molar-refractivity contribution in [2.75, 3.05) is 7.11 Å². The van der Waals surface area contributed by atoms with Crippen LogP contribution in [-0.2, 0) is 9.53 Å². The Kier molecular flexibility index (Phi) is 5.67. The number of nitrogens with zero attached hydrogens (tertiary/aromatic N) is 1. The highest BCUT2D eigenvalue weighted by Gasteiger charge is 2.53. The van der Waals surface area contributed by atoms with Gasteiger partial charge in [-0.2, -0.15) is 0 Å². The van der Waals surface area contributed by atoms with Gasteiger partial charge in [-0.05, 0) is 91.8 Å². The van der Waals surface area contributed by atoms with Crippen LogP contribution in [0.25, 0.3) is 22.2 Å². The molecule has 1 aromatic heterocycles. The second kappa shape index (κ2) is 8.38. The SMILES string of the molecule is COC(=O)C12CCC(NC(=O)c3c(C)c(-c4ccccc4)nc4ccc(I)cc34)(CC1)CC2. The van der Waals surface area contributed by atoms with Crippen LogP contribution in [0.5, 0.6) is 0 Å². The summed E-state index contributed by atoms with van der Waals surface area (Å²) in [7, 11) is 1.47. The molecule has 3 fully saturated rings. The van der Waals surface area contributed by atoms with E-state index in [-0.39, 0.29) is 22.8 Å². The van der Waals surface area contributed by atoms with Gasteiger partial charge in [0, 0.05) is 20.1 Å². The number of esters is 1. The van der Waals surface area contributed by atoms with Crippen molar-refractivity contribution in [3.8, 4) is 11.3 Å². The third-order valence-electron chi connectivity index (χ3n) is 7.71. The zero-order valence-corrected chi connectivity index (χ0v) is 21.1. The topological polar surface area (TPSA) is 68.3 Å². The summed E-state index contributed by atoms with van der Waals surface area (Å²) in [6, 6.07) is 16.1. The lowest BCUT2D eigenvalue weighted by atomic mass is 9.57. The number of nitrogens with one attached hydrogen (secondary N) is 1. The number of rotatable bonds is 4. The first-order valence-electron chi connectivity index (χ1n) is 11.4. The summed E-state index contributed by atoms with van der Waals surface area (Å²) in [5, 5.41) is 4.30. The minimum absolute atomic E-state index is 0.0495. The Bertz CT molecular complexity index is 1230. The third kappa shape index (κ3) is 3.82. The van der Waals surface area contributed by atoms with Crippen molar-refractivity contribution < 1.29 is 14.3 Å². The summed E-state index contributed by atoms with van der Waals surface area (Å²) >= 11 is 2.28. The lowest BCUT2D eigenvalue weighted by Crippen LogP contribution is -2.58. The Balaban J connectivity index is 1.53. The van der Waals surface area contributed by atoms with Crippen LogP contribution >= 0.6 is 22.6 Å². The summed E-state index contributed by atoms with van der Waals surface area (Å²) < 4.78 is 6.16. The molecular formula is C27H27IN2O3. The number of hydrogen-bond donors (Lipinski definition) is 1. The Morgan fingerprint density at radius 1 is 1.00 bits per heavy atom. The second-order valence-electron chi connectivity index (χ2n) is 9.49. The molecule has 0 spiro atoms. The monoisotopic (exact) mass is 554 g/mol. The number of carbonyl (C=O) groups is 2. The van der Waals surface area contributed by atoms with Crippen LogP contribution in [0.3, 0.4) is 0 Å². The first kappa shape index (κ1) is 22.3. The molecule has 33 heavy (non-hydrogen) atoms. The Morgan fingerprint density at radius 2 is 1.67 bits per heavy atom.